The summed E-state index contributed by atoms with van der Waals surface area (Å²) in [5.41, 5.74) is 6.93. The van der Waals surface area contributed by atoms with Crippen molar-refractivity contribution in [3.63, 3.8) is 0 Å². The SMILES string of the molecule is COCCCNC(=O)c1ccc(N)c(OCCN(C)C)c1. The van der Waals surface area contributed by atoms with Crippen LogP contribution in [0.25, 0.3) is 0 Å². The molecule has 118 valence electrons. The molecule has 0 aliphatic heterocycles. The largest absolute Gasteiger partial charge is 0.490 e. The Labute approximate surface area is 126 Å². The van der Waals surface area contributed by atoms with E-state index in [0.29, 0.717) is 36.8 Å². The molecule has 1 aromatic rings. The van der Waals surface area contributed by atoms with Crippen LogP contribution in [0.2, 0.25) is 0 Å². The maximum atomic E-state index is 12.0. The minimum absolute atomic E-state index is 0.136. The van der Waals surface area contributed by atoms with Crippen molar-refractivity contribution in [2.45, 2.75) is 6.42 Å². The van der Waals surface area contributed by atoms with Crippen molar-refractivity contribution in [3.8, 4) is 5.75 Å². The molecule has 3 N–H and O–H groups in total. The van der Waals surface area contributed by atoms with Gasteiger partial charge in [-0.2, -0.15) is 0 Å². The summed E-state index contributed by atoms with van der Waals surface area (Å²) in [4.78, 5) is 14.0. The van der Waals surface area contributed by atoms with Gasteiger partial charge in [-0.15, -0.1) is 0 Å². The van der Waals surface area contributed by atoms with Crippen LogP contribution >= 0.6 is 0 Å². The van der Waals surface area contributed by atoms with Crippen molar-refractivity contribution in [1.29, 1.82) is 0 Å². The fourth-order valence-electron chi connectivity index (χ4n) is 1.66. The summed E-state index contributed by atoms with van der Waals surface area (Å²) >= 11 is 0. The highest BCUT2D eigenvalue weighted by Gasteiger charge is 2.09. The number of anilines is 1. The molecular weight excluding hydrogens is 270 g/mol. The molecule has 6 nitrogen and oxygen atoms in total. The van der Waals surface area contributed by atoms with Crippen molar-refractivity contribution >= 4 is 11.6 Å². The molecule has 0 aromatic heterocycles. The first-order valence-corrected chi connectivity index (χ1v) is 6.98. The molecule has 0 saturated carbocycles. The summed E-state index contributed by atoms with van der Waals surface area (Å²) in [5, 5.41) is 2.83. The lowest BCUT2D eigenvalue weighted by Crippen LogP contribution is -2.25. The second-order valence-electron chi connectivity index (χ2n) is 5.01. The zero-order chi connectivity index (χ0) is 15.7. The van der Waals surface area contributed by atoms with E-state index in [1.54, 1.807) is 25.3 Å². The van der Waals surface area contributed by atoms with Crippen LogP contribution in [0.4, 0.5) is 5.69 Å². The second-order valence-corrected chi connectivity index (χ2v) is 5.01. The quantitative estimate of drug-likeness (QED) is 0.524. The maximum Gasteiger partial charge on any atom is 0.251 e. The van der Waals surface area contributed by atoms with Gasteiger partial charge in [0, 0.05) is 32.4 Å². The number of hydrogen-bond donors (Lipinski definition) is 2. The molecule has 0 radical (unpaired) electrons. The van der Waals surface area contributed by atoms with Crippen molar-refractivity contribution in [1.82, 2.24) is 10.2 Å². The minimum atomic E-state index is -0.136. The Bertz CT molecular complexity index is 450. The smallest absolute Gasteiger partial charge is 0.251 e. The molecule has 0 fully saturated rings. The number of carbonyl (C=O) groups is 1. The average molecular weight is 295 g/mol. The number of ether oxygens (including phenoxy) is 2. The van der Waals surface area contributed by atoms with E-state index in [1.165, 1.54) is 0 Å². The highest BCUT2D eigenvalue weighted by atomic mass is 16.5. The van der Waals surface area contributed by atoms with Crippen LogP contribution in [0.1, 0.15) is 16.8 Å². The number of hydrogen-bond acceptors (Lipinski definition) is 5. The van der Waals surface area contributed by atoms with E-state index in [4.69, 9.17) is 15.2 Å². The number of nitrogens with two attached hydrogens (primary N) is 1. The Kier molecular flexibility index (Phi) is 7.56. The molecular formula is C15H25N3O3. The standard InChI is InChI=1S/C15H25N3O3/c1-18(2)8-10-21-14-11-12(5-6-13(14)16)15(19)17-7-4-9-20-3/h5-6,11H,4,7-10,16H2,1-3H3,(H,17,19). The first-order chi connectivity index (χ1) is 10.0. The fourth-order valence-corrected chi connectivity index (χ4v) is 1.66. The zero-order valence-electron chi connectivity index (χ0n) is 13.0. The predicted molar refractivity (Wildman–Crippen MR) is 83.7 cm³/mol. The third-order valence-electron chi connectivity index (χ3n) is 2.88. The summed E-state index contributed by atoms with van der Waals surface area (Å²) in [6.07, 6.45) is 0.781. The zero-order valence-corrected chi connectivity index (χ0v) is 13.0. The lowest BCUT2D eigenvalue weighted by molar-refractivity contribution is 0.0948. The monoisotopic (exact) mass is 295 g/mol. The summed E-state index contributed by atoms with van der Waals surface area (Å²) in [6.45, 7) is 2.51. The van der Waals surface area contributed by atoms with E-state index < -0.39 is 0 Å². The molecule has 6 heteroatoms. The van der Waals surface area contributed by atoms with Crippen molar-refractivity contribution in [2.75, 3.05) is 53.2 Å². The third kappa shape index (κ3) is 6.46. The number of methoxy groups -OCH3 is 1. The van der Waals surface area contributed by atoms with Crippen LogP contribution in [0.5, 0.6) is 5.75 Å². The van der Waals surface area contributed by atoms with Crippen LogP contribution in [-0.2, 0) is 4.74 Å². The highest BCUT2D eigenvalue weighted by Crippen LogP contribution is 2.22. The molecule has 0 bridgehead atoms. The van der Waals surface area contributed by atoms with Gasteiger partial charge in [0.05, 0.1) is 5.69 Å². The van der Waals surface area contributed by atoms with E-state index >= 15 is 0 Å². The predicted octanol–water partition coefficient (Wildman–Crippen LogP) is 0.976. The number of benzene rings is 1. The molecule has 1 amide bonds. The molecule has 1 rings (SSSR count). The molecule has 0 saturated heterocycles. The van der Waals surface area contributed by atoms with Gasteiger partial charge >= 0.3 is 0 Å². The Morgan fingerprint density at radius 1 is 1.33 bits per heavy atom. The number of amides is 1. The van der Waals surface area contributed by atoms with Gasteiger partial charge in [0.15, 0.2) is 0 Å². The van der Waals surface area contributed by atoms with Crippen LogP contribution < -0.4 is 15.8 Å². The molecule has 0 spiro atoms. The van der Waals surface area contributed by atoms with Crippen LogP contribution in [0.15, 0.2) is 18.2 Å². The van der Waals surface area contributed by atoms with Gasteiger partial charge in [0.1, 0.15) is 12.4 Å². The van der Waals surface area contributed by atoms with Gasteiger partial charge in [-0.25, -0.2) is 0 Å². The summed E-state index contributed by atoms with van der Waals surface area (Å²) < 4.78 is 10.6. The molecule has 0 aliphatic rings. The summed E-state index contributed by atoms with van der Waals surface area (Å²) in [6, 6.07) is 5.06. The number of nitrogens with one attached hydrogen (secondary N) is 1. The molecule has 0 heterocycles. The number of carbonyl (C=O) groups excluding carboxylic acids is 1. The Morgan fingerprint density at radius 3 is 2.76 bits per heavy atom. The molecule has 21 heavy (non-hydrogen) atoms. The Morgan fingerprint density at radius 2 is 2.10 bits per heavy atom. The van der Waals surface area contributed by atoms with Gasteiger partial charge in [-0.3, -0.25) is 4.79 Å². The second kappa shape index (κ2) is 9.20. The van der Waals surface area contributed by atoms with Gasteiger partial charge in [-0.05, 0) is 38.7 Å². The summed E-state index contributed by atoms with van der Waals surface area (Å²) in [7, 11) is 5.58. The topological polar surface area (TPSA) is 76.8 Å². The highest BCUT2D eigenvalue weighted by molar-refractivity contribution is 5.95. The molecule has 0 aliphatic carbocycles. The van der Waals surface area contributed by atoms with E-state index in [0.717, 1.165) is 13.0 Å². The van der Waals surface area contributed by atoms with Gasteiger partial charge < -0.3 is 25.4 Å². The van der Waals surface area contributed by atoms with Crippen LogP contribution in [0, 0.1) is 0 Å². The normalized spacial score (nSPS) is 10.7. The lowest BCUT2D eigenvalue weighted by Gasteiger charge is -2.13. The van der Waals surface area contributed by atoms with Gasteiger partial charge in [0.2, 0.25) is 0 Å². The number of nitrogen functional groups attached to an aromatic ring is 1. The van der Waals surface area contributed by atoms with E-state index in [1.807, 2.05) is 19.0 Å². The lowest BCUT2D eigenvalue weighted by atomic mass is 10.1. The third-order valence-corrected chi connectivity index (χ3v) is 2.88. The van der Waals surface area contributed by atoms with Crippen LogP contribution in [0.3, 0.4) is 0 Å². The maximum absolute atomic E-state index is 12.0. The number of nitrogens with zero attached hydrogens (tertiary/aromatic N) is 1. The minimum Gasteiger partial charge on any atom is -0.490 e. The first-order valence-electron chi connectivity index (χ1n) is 6.98. The Balaban J connectivity index is 2.56. The first kappa shape index (κ1) is 17.3. The van der Waals surface area contributed by atoms with E-state index in [9.17, 15) is 4.79 Å². The molecule has 0 atom stereocenters. The summed E-state index contributed by atoms with van der Waals surface area (Å²) in [5.74, 6) is 0.407. The molecule has 0 unspecified atom stereocenters. The number of rotatable bonds is 9. The van der Waals surface area contributed by atoms with Gasteiger partial charge in [0.25, 0.3) is 5.91 Å². The van der Waals surface area contributed by atoms with Gasteiger partial charge in [-0.1, -0.05) is 0 Å². The fraction of sp³-hybridized carbons (Fsp3) is 0.533. The van der Waals surface area contributed by atoms with Crippen molar-refractivity contribution in [3.05, 3.63) is 23.8 Å². The number of likely N-dealkylation sites (N-methyl/N-ethyl adjacent to an activating group) is 1. The van der Waals surface area contributed by atoms with E-state index in [-0.39, 0.29) is 5.91 Å². The van der Waals surface area contributed by atoms with Crippen molar-refractivity contribution < 1.29 is 14.3 Å². The Hall–Kier alpha value is -1.79. The average Bonchev–Trinajstić information content (AvgIpc) is 2.45. The van der Waals surface area contributed by atoms with E-state index in [2.05, 4.69) is 5.32 Å². The van der Waals surface area contributed by atoms with Crippen LogP contribution in [-0.4, -0.2) is 58.3 Å². The van der Waals surface area contributed by atoms with Crippen molar-refractivity contribution in [2.24, 2.45) is 0 Å². The molecule has 1 aromatic carbocycles.